The van der Waals surface area contributed by atoms with Gasteiger partial charge in [0.2, 0.25) is 0 Å². The fraction of sp³-hybridized carbons (Fsp3) is 0.333. The second kappa shape index (κ2) is 8.26. The van der Waals surface area contributed by atoms with Gasteiger partial charge in [0.05, 0.1) is 12.2 Å². The number of hydrogen-bond donors (Lipinski definition) is 0. The summed E-state index contributed by atoms with van der Waals surface area (Å²) in [6.07, 6.45) is 1.13. The van der Waals surface area contributed by atoms with Gasteiger partial charge < -0.3 is 9.64 Å². The van der Waals surface area contributed by atoms with E-state index >= 15 is 0 Å². The van der Waals surface area contributed by atoms with Crippen LogP contribution in [0.25, 0.3) is 10.8 Å². The lowest BCUT2D eigenvalue weighted by Gasteiger charge is -2.30. The summed E-state index contributed by atoms with van der Waals surface area (Å²) >= 11 is 1.95. The first kappa shape index (κ1) is 18.2. The molecular formula is C24H27NOS. The Bertz CT molecular complexity index is 921. The maximum atomic E-state index is 6.08. The second-order valence-electron chi connectivity index (χ2n) is 7.59. The molecule has 140 valence electrons. The van der Waals surface area contributed by atoms with Crippen molar-refractivity contribution in [2.24, 2.45) is 5.92 Å². The van der Waals surface area contributed by atoms with E-state index in [-0.39, 0.29) is 0 Å². The lowest BCUT2D eigenvalue weighted by Crippen LogP contribution is -2.33. The zero-order valence-electron chi connectivity index (χ0n) is 16.2. The molecule has 3 aromatic carbocycles. The molecule has 0 amide bonds. The molecule has 0 aromatic heterocycles. The number of ether oxygens (including phenoxy) is 1. The predicted molar refractivity (Wildman–Crippen MR) is 117 cm³/mol. The molecule has 2 nitrogen and oxygen atoms in total. The number of thioether (sulfide) groups is 1. The Kier molecular flexibility index (Phi) is 5.58. The van der Waals surface area contributed by atoms with Gasteiger partial charge in [-0.15, -0.1) is 11.8 Å². The first-order chi connectivity index (χ1) is 13.2. The maximum absolute atomic E-state index is 6.08. The summed E-state index contributed by atoms with van der Waals surface area (Å²) in [5.41, 5.74) is 2.75. The highest BCUT2D eigenvalue weighted by atomic mass is 32.2. The van der Waals surface area contributed by atoms with Crippen molar-refractivity contribution in [1.29, 1.82) is 0 Å². The fourth-order valence-electron chi connectivity index (χ4n) is 3.69. The van der Waals surface area contributed by atoms with E-state index in [0.717, 1.165) is 31.0 Å². The molecule has 4 rings (SSSR count). The zero-order valence-corrected chi connectivity index (χ0v) is 17.0. The molecule has 0 spiro atoms. The molecule has 0 saturated heterocycles. The normalized spacial score (nSPS) is 13.8. The molecule has 0 fully saturated rings. The van der Waals surface area contributed by atoms with Crippen LogP contribution in [0.2, 0.25) is 0 Å². The average molecular weight is 378 g/mol. The van der Waals surface area contributed by atoms with Gasteiger partial charge in [0.1, 0.15) is 12.4 Å². The highest BCUT2D eigenvalue weighted by Crippen LogP contribution is 2.34. The van der Waals surface area contributed by atoms with E-state index in [0.29, 0.717) is 12.5 Å². The summed E-state index contributed by atoms with van der Waals surface area (Å²) in [6.45, 7) is 7.24. The molecule has 27 heavy (non-hydrogen) atoms. The lowest BCUT2D eigenvalue weighted by molar-refractivity contribution is 0.324. The van der Waals surface area contributed by atoms with Crippen LogP contribution in [0.4, 0.5) is 5.69 Å². The Balaban J connectivity index is 1.39. The van der Waals surface area contributed by atoms with E-state index < -0.39 is 0 Å². The molecule has 1 aliphatic heterocycles. The van der Waals surface area contributed by atoms with Crippen LogP contribution < -0.4 is 9.64 Å². The molecule has 0 saturated carbocycles. The summed E-state index contributed by atoms with van der Waals surface area (Å²) in [5.74, 6) is 2.79. The minimum atomic E-state index is 0.684. The van der Waals surface area contributed by atoms with Crippen LogP contribution in [0.5, 0.6) is 5.75 Å². The van der Waals surface area contributed by atoms with Crippen molar-refractivity contribution in [3.63, 3.8) is 0 Å². The lowest BCUT2D eigenvalue weighted by atomic mass is 10.00. The highest BCUT2D eigenvalue weighted by Gasteiger charge is 2.16. The summed E-state index contributed by atoms with van der Waals surface area (Å²) in [7, 11) is 0. The van der Waals surface area contributed by atoms with Crippen LogP contribution in [0.1, 0.15) is 19.4 Å². The second-order valence-corrected chi connectivity index (χ2v) is 8.73. The Morgan fingerprint density at radius 1 is 1.00 bits per heavy atom. The minimum Gasteiger partial charge on any atom is -0.492 e. The molecule has 0 bridgehead atoms. The molecule has 0 atom stereocenters. The van der Waals surface area contributed by atoms with E-state index in [2.05, 4.69) is 79.4 Å². The van der Waals surface area contributed by atoms with Gasteiger partial charge in [-0.1, -0.05) is 50.2 Å². The summed E-state index contributed by atoms with van der Waals surface area (Å²) in [5, 5.41) is 2.54. The third-order valence-corrected chi connectivity index (χ3v) is 6.02. The standard InChI is InChI=1S/C24H27NOS/c1-18(2)15-19-7-8-21-17-22(10-9-20(21)16-19)26-13-11-25-12-14-27-24-6-4-3-5-23(24)25/h3-10,16-18H,11-15H2,1-2H3. The van der Waals surface area contributed by atoms with Gasteiger partial charge in [-0.25, -0.2) is 0 Å². The number of nitrogens with zero attached hydrogens (tertiary/aromatic N) is 1. The van der Waals surface area contributed by atoms with Crippen molar-refractivity contribution in [3.05, 3.63) is 66.2 Å². The van der Waals surface area contributed by atoms with E-state index in [1.165, 1.54) is 26.9 Å². The number of hydrogen-bond acceptors (Lipinski definition) is 3. The van der Waals surface area contributed by atoms with Gasteiger partial charge >= 0.3 is 0 Å². The van der Waals surface area contributed by atoms with Crippen LogP contribution in [0.15, 0.2) is 65.6 Å². The molecule has 0 unspecified atom stereocenters. The minimum absolute atomic E-state index is 0.684. The highest BCUT2D eigenvalue weighted by molar-refractivity contribution is 7.99. The predicted octanol–water partition coefficient (Wildman–Crippen LogP) is 6.03. The van der Waals surface area contributed by atoms with E-state index in [1.54, 1.807) is 0 Å². The fourth-order valence-corrected chi connectivity index (χ4v) is 4.75. The summed E-state index contributed by atoms with van der Waals surface area (Å²) < 4.78 is 6.08. The smallest absolute Gasteiger partial charge is 0.120 e. The van der Waals surface area contributed by atoms with Crippen molar-refractivity contribution in [1.82, 2.24) is 0 Å². The van der Waals surface area contributed by atoms with Crippen LogP contribution in [0.3, 0.4) is 0 Å². The molecule has 3 aromatic rings. The first-order valence-corrected chi connectivity index (χ1v) is 10.8. The van der Waals surface area contributed by atoms with Crippen molar-refractivity contribution in [2.45, 2.75) is 25.2 Å². The van der Waals surface area contributed by atoms with Crippen molar-refractivity contribution in [3.8, 4) is 5.75 Å². The van der Waals surface area contributed by atoms with Gasteiger partial charge in [-0.2, -0.15) is 0 Å². The van der Waals surface area contributed by atoms with Crippen molar-refractivity contribution >= 4 is 28.2 Å². The van der Waals surface area contributed by atoms with Gasteiger partial charge in [-0.3, -0.25) is 0 Å². The first-order valence-electron chi connectivity index (χ1n) is 9.81. The van der Waals surface area contributed by atoms with Crippen LogP contribution in [-0.4, -0.2) is 25.4 Å². The maximum Gasteiger partial charge on any atom is 0.120 e. The average Bonchev–Trinajstić information content (AvgIpc) is 2.68. The quantitative estimate of drug-likeness (QED) is 0.520. The van der Waals surface area contributed by atoms with E-state index in [9.17, 15) is 0 Å². The molecule has 3 heteroatoms. The largest absolute Gasteiger partial charge is 0.492 e. The Morgan fingerprint density at radius 2 is 1.81 bits per heavy atom. The third-order valence-electron chi connectivity index (χ3n) is 4.97. The number of rotatable bonds is 6. The monoisotopic (exact) mass is 377 g/mol. The van der Waals surface area contributed by atoms with E-state index in [1.807, 2.05) is 11.8 Å². The van der Waals surface area contributed by atoms with Crippen molar-refractivity contribution in [2.75, 3.05) is 30.3 Å². The van der Waals surface area contributed by atoms with Crippen molar-refractivity contribution < 1.29 is 4.74 Å². The van der Waals surface area contributed by atoms with Gasteiger partial charge in [0.15, 0.2) is 0 Å². The zero-order chi connectivity index (χ0) is 18.6. The number of fused-ring (bicyclic) bond motifs is 2. The molecule has 1 aliphatic rings. The summed E-state index contributed by atoms with van der Waals surface area (Å²) in [6, 6.07) is 21.9. The molecule has 1 heterocycles. The Hall–Kier alpha value is -2.13. The Labute approximate surface area is 166 Å². The van der Waals surface area contributed by atoms with Gasteiger partial charge in [-0.05, 0) is 52.9 Å². The summed E-state index contributed by atoms with van der Waals surface area (Å²) in [4.78, 5) is 3.82. The van der Waals surface area contributed by atoms with Crippen LogP contribution in [-0.2, 0) is 6.42 Å². The molecule has 0 radical (unpaired) electrons. The van der Waals surface area contributed by atoms with Gasteiger partial charge in [0, 0.05) is 17.2 Å². The van der Waals surface area contributed by atoms with Crippen LogP contribution >= 0.6 is 11.8 Å². The topological polar surface area (TPSA) is 12.5 Å². The Morgan fingerprint density at radius 3 is 2.70 bits per heavy atom. The SMILES string of the molecule is CC(C)Cc1ccc2cc(OCCN3CCSc4ccccc43)ccc2c1. The number of para-hydroxylation sites is 1. The van der Waals surface area contributed by atoms with Crippen LogP contribution in [0, 0.1) is 5.92 Å². The third kappa shape index (κ3) is 4.41. The number of anilines is 1. The van der Waals surface area contributed by atoms with Gasteiger partial charge in [0.25, 0.3) is 0 Å². The molecule has 0 N–H and O–H groups in total. The van der Waals surface area contributed by atoms with E-state index in [4.69, 9.17) is 4.74 Å². The number of benzene rings is 3. The molecular weight excluding hydrogens is 350 g/mol. The molecule has 0 aliphatic carbocycles.